The summed E-state index contributed by atoms with van der Waals surface area (Å²) in [6.07, 6.45) is 2.71. The van der Waals surface area contributed by atoms with Gasteiger partial charge in [0, 0.05) is 24.9 Å². The highest BCUT2D eigenvalue weighted by atomic mass is 16.5. The number of ether oxygens (including phenoxy) is 1. The molecule has 2 aliphatic carbocycles. The van der Waals surface area contributed by atoms with Crippen LogP contribution in [0, 0.1) is 11.8 Å². The van der Waals surface area contributed by atoms with Gasteiger partial charge in [-0.05, 0) is 54.4 Å². The Labute approximate surface area is 199 Å². The molecule has 7 nitrogen and oxygen atoms in total. The average Bonchev–Trinajstić information content (AvgIpc) is 3.15. The molecule has 0 aliphatic heterocycles. The number of carbonyl (C=O) groups is 3. The van der Waals surface area contributed by atoms with Crippen LogP contribution < -0.4 is 10.6 Å². The Kier molecular flexibility index (Phi) is 7.50. The van der Waals surface area contributed by atoms with Crippen molar-refractivity contribution in [1.29, 1.82) is 0 Å². The fraction of sp³-hybridized carbons (Fsp3) is 0.444. The first-order chi connectivity index (χ1) is 16.4. The van der Waals surface area contributed by atoms with Gasteiger partial charge in [-0.25, -0.2) is 4.79 Å². The van der Waals surface area contributed by atoms with Gasteiger partial charge in [0.2, 0.25) is 5.91 Å². The van der Waals surface area contributed by atoms with Crippen molar-refractivity contribution >= 4 is 18.0 Å². The highest BCUT2D eigenvalue weighted by molar-refractivity contribution is 5.79. The van der Waals surface area contributed by atoms with Gasteiger partial charge in [-0.3, -0.25) is 9.59 Å². The number of nitrogens with one attached hydrogen (secondary N) is 2. The molecule has 0 bridgehead atoms. The SMILES string of the molecule is CC(CC(=O)NCC1CCCC(C(=O)O)C1)NC(=O)OCC1c2ccccc2-c2ccccc21. The van der Waals surface area contributed by atoms with Crippen LogP contribution in [0.3, 0.4) is 0 Å². The van der Waals surface area contributed by atoms with Crippen molar-refractivity contribution in [2.45, 2.75) is 51.0 Å². The third kappa shape index (κ3) is 5.58. The predicted molar refractivity (Wildman–Crippen MR) is 128 cm³/mol. The summed E-state index contributed by atoms with van der Waals surface area (Å²) in [7, 11) is 0. The van der Waals surface area contributed by atoms with Crippen LogP contribution in [0.2, 0.25) is 0 Å². The minimum atomic E-state index is -0.753. The summed E-state index contributed by atoms with van der Waals surface area (Å²) >= 11 is 0. The first-order valence-electron chi connectivity index (χ1n) is 12.0. The van der Waals surface area contributed by atoms with Crippen molar-refractivity contribution in [2.75, 3.05) is 13.2 Å². The quantitative estimate of drug-likeness (QED) is 0.540. The van der Waals surface area contributed by atoms with Crippen LogP contribution >= 0.6 is 0 Å². The molecule has 34 heavy (non-hydrogen) atoms. The van der Waals surface area contributed by atoms with Crippen LogP contribution in [0.15, 0.2) is 48.5 Å². The molecule has 3 unspecified atom stereocenters. The summed E-state index contributed by atoms with van der Waals surface area (Å²) in [5.41, 5.74) is 4.64. The number of rotatable bonds is 8. The van der Waals surface area contributed by atoms with E-state index in [0.717, 1.165) is 24.0 Å². The first-order valence-corrected chi connectivity index (χ1v) is 12.0. The first kappa shape index (κ1) is 23.8. The van der Waals surface area contributed by atoms with E-state index in [1.54, 1.807) is 6.92 Å². The molecule has 2 aromatic rings. The molecule has 3 atom stereocenters. The van der Waals surface area contributed by atoms with Crippen LogP contribution in [0.25, 0.3) is 11.1 Å². The molecule has 0 radical (unpaired) electrons. The summed E-state index contributed by atoms with van der Waals surface area (Å²) in [4.78, 5) is 35.9. The third-order valence-electron chi connectivity index (χ3n) is 6.92. The number of carbonyl (C=O) groups excluding carboxylic acids is 2. The van der Waals surface area contributed by atoms with E-state index in [1.165, 1.54) is 11.1 Å². The number of alkyl carbamates (subject to hydrolysis) is 1. The lowest BCUT2D eigenvalue weighted by Gasteiger charge is -2.26. The molecule has 180 valence electrons. The smallest absolute Gasteiger partial charge is 0.407 e. The zero-order chi connectivity index (χ0) is 24.1. The molecule has 1 saturated carbocycles. The molecule has 1 fully saturated rings. The minimum absolute atomic E-state index is 0.0122. The third-order valence-corrected chi connectivity index (χ3v) is 6.92. The minimum Gasteiger partial charge on any atom is -0.481 e. The Bertz CT molecular complexity index is 1010. The second-order valence-electron chi connectivity index (χ2n) is 9.45. The molecule has 2 aliphatic rings. The summed E-state index contributed by atoms with van der Waals surface area (Å²) in [5.74, 6) is -1.06. The number of fused-ring (bicyclic) bond motifs is 3. The number of benzene rings is 2. The molecule has 3 N–H and O–H groups in total. The van der Waals surface area contributed by atoms with Crippen LogP contribution in [0.4, 0.5) is 4.79 Å². The zero-order valence-electron chi connectivity index (χ0n) is 19.5. The number of carboxylic acids is 1. The van der Waals surface area contributed by atoms with Gasteiger partial charge in [-0.15, -0.1) is 0 Å². The van der Waals surface area contributed by atoms with E-state index in [-0.39, 0.29) is 42.7 Å². The fourth-order valence-electron chi connectivity index (χ4n) is 5.20. The summed E-state index contributed by atoms with van der Waals surface area (Å²) in [5, 5.41) is 14.8. The Morgan fingerprint density at radius 2 is 1.68 bits per heavy atom. The lowest BCUT2D eigenvalue weighted by atomic mass is 9.81. The monoisotopic (exact) mass is 464 g/mol. The largest absolute Gasteiger partial charge is 0.481 e. The molecule has 7 heteroatoms. The molecule has 2 amide bonds. The molecule has 2 aromatic carbocycles. The number of hydrogen-bond acceptors (Lipinski definition) is 4. The summed E-state index contributed by atoms with van der Waals surface area (Å²) in [6, 6.07) is 15.9. The van der Waals surface area contributed by atoms with Gasteiger partial charge in [0.1, 0.15) is 6.61 Å². The standard InChI is InChI=1S/C27H32N2O5/c1-17(13-25(30)28-15-18-7-6-8-19(14-18)26(31)32)29-27(33)34-16-24-22-11-4-2-9-20(22)21-10-3-5-12-23(21)24/h2-5,9-12,17-19,24H,6-8,13-16H2,1H3,(H,28,30)(H,29,33)(H,31,32). The second kappa shape index (κ2) is 10.7. The highest BCUT2D eigenvalue weighted by Gasteiger charge is 2.29. The topological polar surface area (TPSA) is 105 Å². The van der Waals surface area contributed by atoms with Crippen LogP contribution in [0.5, 0.6) is 0 Å². The maximum Gasteiger partial charge on any atom is 0.407 e. The molecular formula is C27H32N2O5. The van der Waals surface area contributed by atoms with Crippen LogP contribution in [-0.4, -0.2) is 42.3 Å². The van der Waals surface area contributed by atoms with Crippen molar-refractivity contribution in [2.24, 2.45) is 11.8 Å². The van der Waals surface area contributed by atoms with E-state index in [9.17, 15) is 19.5 Å². The molecule has 0 saturated heterocycles. The fourth-order valence-corrected chi connectivity index (χ4v) is 5.20. The van der Waals surface area contributed by atoms with Crippen LogP contribution in [0.1, 0.15) is 56.1 Å². The number of amides is 2. The second-order valence-corrected chi connectivity index (χ2v) is 9.45. The summed E-state index contributed by atoms with van der Waals surface area (Å²) < 4.78 is 5.54. The average molecular weight is 465 g/mol. The molecule has 0 aromatic heterocycles. The van der Waals surface area contributed by atoms with Crippen molar-refractivity contribution in [3.63, 3.8) is 0 Å². The maximum atomic E-state index is 12.4. The lowest BCUT2D eigenvalue weighted by Crippen LogP contribution is -2.39. The van der Waals surface area contributed by atoms with Crippen LogP contribution in [-0.2, 0) is 14.3 Å². The number of carboxylic acid groups (broad SMARTS) is 1. The van der Waals surface area contributed by atoms with Gasteiger partial charge >= 0.3 is 12.1 Å². The van der Waals surface area contributed by atoms with Crippen molar-refractivity contribution < 1.29 is 24.2 Å². The molecule has 4 rings (SSSR count). The highest BCUT2D eigenvalue weighted by Crippen LogP contribution is 2.44. The van der Waals surface area contributed by atoms with E-state index in [1.807, 2.05) is 24.3 Å². The Hall–Kier alpha value is -3.35. The normalized spacial score (nSPS) is 20.0. The van der Waals surface area contributed by atoms with Gasteiger partial charge < -0.3 is 20.5 Å². The Balaban J connectivity index is 1.22. The van der Waals surface area contributed by atoms with Crippen molar-refractivity contribution in [1.82, 2.24) is 10.6 Å². The van der Waals surface area contributed by atoms with E-state index in [0.29, 0.717) is 19.4 Å². The van der Waals surface area contributed by atoms with Gasteiger partial charge in [0.15, 0.2) is 0 Å². The van der Waals surface area contributed by atoms with Gasteiger partial charge in [0.25, 0.3) is 0 Å². The summed E-state index contributed by atoms with van der Waals surface area (Å²) in [6.45, 7) is 2.47. The molecule has 0 heterocycles. The Morgan fingerprint density at radius 3 is 2.32 bits per heavy atom. The van der Waals surface area contributed by atoms with E-state index < -0.39 is 12.1 Å². The van der Waals surface area contributed by atoms with E-state index in [2.05, 4.69) is 34.9 Å². The molecular weight excluding hydrogens is 432 g/mol. The van der Waals surface area contributed by atoms with E-state index >= 15 is 0 Å². The van der Waals surface area contributed by atoms with Crippen molar-refractivity contribution in [3.8, 4) is 11.1 Å². The predicted octanol–water partition coefficient (Wildman–Crippen LogP) is 4.31. The van der Waals surface area contributed by atoms with Crippen molar-refractivity contribution in [3.05, 3.63) is 59.7 Å². The number of hydrogen-bond donors (Lipinski definition) is 3. The lowest BCUT2D eigenvalue weighted by molar-refractivity contribution is -0.143. The Morgan fingerprint density at radius 1 is 1.03 bits per heavy atom. The number of aliphatic carboxylic acids is 1. The van der Waals surface area contributed by atoms with E-state index in [4.69, 9.17) is 4.74 Å². The molecule has 0 spiro atoms. The van der Waals surface area contributed by atoms with Gasteiger partial charge in [-0.1, -0.05) is 55.0 Å². The van der Waals surface area contributed by atoms with Gasteiger partial charge in [0.05, 0.1) is 5.92 Å². The van der Waals surface area contributed by atoms with Gasteiger partial charge in [-0.2, -0.15) is 0 Å². The maximum absolute atomic E-state index is 12.4. The zero-order valence-corrected chi connectivity index (χ0v) is 19.5.